The Morgan fingerprint density at radius 1 is 1.57 bits per heavy atom. The van der Waals surface area contributed by atoms with Gasteiger partial charge in [-0.05, 0) is 37.6 Å². The van der Waals surface area contributed by atoms with Crippen LogP contribution in [0.1, 0.15) is 23.7 Å². The predicted molar refractivity (Wildman–Crippen MR) is 80.7 cm³/mol. The highest BCUT2D eigenvalue weighted by molar-refractivity contribution is 6.32. The monoisotopic (exact) mass is 311 g/mol. The Bertz CT molecular complexity index is 550. The summed E-state index contributed by atoms with van der Waals surface area (Å²) in [6.45, 7) is 5.77. The summed E-state index contributed by atoms with van der Waals surface area (Å²) < 4.78 is 0. The minimum Gasteiger partial charge on any atom is -0.352 e. The molecule has 6 nitrogen and oxygen atoms in total. The van der Waals surface area contributed by atoms with E-state index in [0.29, 0.717) is 12.5 Å². The van der Waals surface area contributed by atoms with E-state index in [0.717, 1.165) is 26.1 Å². The molecule has 7 heteroatoms. The summed E-state index contributed by atoms with van der Waals surface area (Å²) in [6, 6.07) is 4.09. The molecule has 1 aliphatic heterocycles. The van der Waals surface area contributed by atoms with Crippen molar-refractivity contribution in [3.63, 3.8) is 0 Å². The van der Waals surface area contributed by atoms with E-state index in [1.54, 1.807) is 0 Å². The van der Waals surface area contributed by atoms with Gasteiger partial charge in [0.05, 0.1) is 4.92 Å². The predicted octanol–water partition coefficient (Wildman–Crippen LogP) is 2.32. The number of halogens is 1. The summed E-state index contributed by atoms with van der Waals surface area (Å²) in [4.78, 5) is 24.6. The van der Waals surface area contributed by atoms with E-state index in [-0.39, 0.29) is 22.2 Å². The molecule has 1 atom stereocenters. The minimum atomic E-state index is -0.588. The SMILES string of the molecule is CCN1CCC(CNC(=O)c2ccc(Cl)c([N+](=O)[O-])c2)C1. The molecule has 0 saturated carbocycles. The van der Waals surface area contributed by atoms with Crippen LogP contribution in [0, 0.1) is 16.0 Å². The second kappa shape index (κ2) is 6.87. The van der Waals surface area contributed by atoms with E-state index in [4.69, 9.17) is 11.6 Å². The molecule has 1 amide bonds. The zero-order valence-electron chi connectivity index (χ0n) is 11.8. The molecule has 1 aromatic carbocycles. The molecule has 0 radical (unpaired) electrons. The van der Waals surface area contributed by atoms with Crippen molar-refractivity contribution in [3.05, 3.63) is 38.9 Å². The van der Waals surface area contributed by atoms with E-state index in [2.05, 4.69) is 17.1 Å². The molecule has 1 aliphatic rings. The number of rotatable bonds is 5. The highest BCUT2D eigenvalue weighted by atomic mass is 35.5. The number of nitrogens with zero attached hydrogens (tertiary/aromatic N) is 2. The maximum Gasteiger partial charge on any atom is 0.288 e. The van der Waals surface area contributed by atoms with Crippen LogP contribution in [0.5, 0.6) is 0 Å². The number of amides is 1. The van der Waals surface area contributed by atoms with Gasteiger partial charge in [-0.25, -0.2) is 0 Å². The summed E-state index contributed by atoms with van der Waals surface area (Å²) in [5.74, 6) is 0.140. The number of carbonyl (C=O) groups excluding carboxylic acids is 1. The van der Waals surface area contributed by atoms with Gasteiger partial charge in [-0.1, -0.05) is 18.5 Å². The first-order valence-electron chi connectivity index (χ1n) is 6.95. The third-order valence-corrected chi connectivity index (χ3v) is 4.09. The van der Waals surface area contributed by atoms with Crippen molar-refractivity contribution in [3.8, 4) is 0 Å². The van der Waals surface area contributed by atoms with E-state index >= 15 is 0 Å². The van der Waals surface area contributed by atoms with Crippen LogP contribution in [0.4, 0.5) is 5.69 Å². The van der Waals surface area contributed by atoms with Gasteiger partial charge in [-0.15, -0.1) is 0 Å². The van der Waals surface area contributed by atoms with Gasteiger partial charge < -0.3 is 10.2 Å². The largest absolute Gasteiger partial charge is 0.352 e. The van der Waals surface area contributed by atoms with E-state index in [1.807, 2.05) is 0 Å². The molecule has 114 valence electrons. The van der Waals surface area contributed by atoms with Crippen molar-refractivity contribution in [1.29, 1.82) is 0 Å². The summed E-state index contributed by atoms with van der Waals surface area (Å²) in [5.41, 5.74) is 0.0128. The average Bonchev–Trinajstić information content (AvgIpc) is 2.93. The molecular formula is C14H18ClN3O3. The summed E-state index contributed by atoms with van der Waals surface area (Å²) in [5, 5.41) is 13.7. The molecule has 0 aromatic heterocycles. The molecular weight excluding hydrogens is 294 g/mol. The molecule has 0 bridgehead atoms. The van der Waals surface area contributed by atoms with Gasteiger partial charge in [0.1, 0.15) is 5.02 Å². The van der Waals surface area contributed by atoms with Crippen molar-refractivity contribution < 1.29 is 9.72 Å². The molecule has 1 heterocycles. The molecule has 1 N–H and O–H groups in total. The standard InChI is InChI=1S/C14H18ClN3O3/c1-2-17-6-5-10(9-17)8-16-14(19)11-3-4-12(15)13(7-11)18(20)21/h3-4,7,10H,2,5-6,8-9H2,1H3,(H,16,19). The van der Waals surface area contributed by atoms with Gasteiger partial charge in [-0.3, -0.25) is 14.9 Å². The van der Waals surface area contributed by atoms with Crippen LogP contribution >= 0.6 is 11.6 Å². The van der Waals surface area contributed by atoms with Crippen molar-refractivity contribution in [2.24, 2.45) is 5.92 Å². The Morgan fingerprint density at radius 2 is 2.33 bits per heavy atom. The molecule has 1 aromatic rings. The number of nitro groups is 1. The molecule has 21 heavy (non-hydrogen) atoms. The van der Waals surface area contributed by atoms with E-state index < -0.39 is 4.92 Å². The minimum absolute atomic E-state index is 0.0333. The van der Waals surface area contributed by atoms with Gasteiger partial charge in [0.2, 0.25) is 0 Å². The third-order valence-electron chi connectivity index (χ3n) is 3.77. The first-order valence-corrected chi connectivity index (χ1v) is 7.33. The van der Waals surface area contributed by atoms with Crippen LogP contribution in [0.15, 0.2) is 18.2 Å². The Kier molecular flexibility index (Phi) is 5.14. The number of hydrogen-bond donors (Lipinski definition) is 1. The second-order valence-corrected chi connectivity index (χ2v) is 5.59. The fraction of sp³-hybridized carbons (Fsp3) is 0.500. The lowest BCUT2D eigenvalue weighted by Crippen LogP contribution is -2.31. The quantitative estimate of drug-likeness (QED) is 0.669. The van der Waals surface area contributed by atoms with Gasteiger partial charge in [0.25, 0.3) is 11.6 Å². The number of benzene rings is 1. The zero-order chi connectivity index (χ0) is 15.4. The first kappa shape index (κ1) is 15.7. The summed E-state index contributed by atoms with van der Waals surface area (Å²) in [7, 11) is 0. The van der Waals surface area contributed by atoms with Gasteiger partial charge in [-0.2, -0.15) is 0 Å². The zero-order valence-corrected chi connectivity index (χ0v) is 12.6. The van der Waals surface area contributed by atoms with Crippen molar-refractivity contribution in [2.75, 3.05) is 26.2 Å². The lowest BCUT2D eigenvalue weighted by atomic mass is 10.1. The van der Waals surface area contributed by atoms with E-state index in [9.17, 15) is 14.9 Å². The molecule has 2 rings (SSSR count). The molecule has 1 saturated heterocycles. The van der Waals surface area contributed by atoms with Crippen LogP contribution in [0.3, 0.4) is 0 Å². The summed E-state index contributed by atoms with van der Waals surface area (Å²) in [6.07, 6.45) is 1.06. The summed E-state index contributed by atoms with van der Waals surface area (Å²) >= 11 is 5.73. The van der Waals surface area contributed by atoms with Crippen molar-refractivity contribution in [1.82, 2.24) is 10.2 Å². The Hall–Kier alpha value is -1.66. The molecule has 1 unspecified atom stereocenters. The number of carbonyl (C=O) groups is 1. The fourth-order valence-corrected chi connectivity index (χ4v) is 2.69. The van der Waals surface area contributed by atoms with Crippen LogP contribution in [0.25, 0.3) is 0 Å². The smallest absolute Gasteiger partial charge is 0.288 e. The van der Waals surface area contributed by atoms with Crippen molar-refractivity contribution >= 4 is 23.2 Å². The molecule has 0 spiro atoms. The Morgan fingerprint density at radius 3 is 2.95 bits per heavy atom. The number of nitrogens with one attached hydrogen (secondary N) is 1. The van der Waals surface area contributed by atoms with Crippen LogP contribution in [-0.2, 0) is 0 Å². The van der Waals surface area contributed by atoms with Crippen LogP contribution < -0.4 is 5.32 Å². The maximum atomic E-state index is 12.0. The molecule has 1 fully saturated rings. The Labute approximate surface area is 128 Å². The third kappa shape index (κ3) is 3.92. The first-order chi connectivity index (χ1) is 10.0. The highest BCUT2D eigenvalue weighted by Gasteiger charge is 2.22. The lowest BCUT2D eigenvalue weighted by molar-refractivity contribution is -0.384. The van der Waals surface area contributed by atoms with E-state index in [1.165, 1.54) is 18.2 Å². The Balaban J connectivity index is 1.95. The second-order valence-electron chi connectivity index (χ2n) is 5.18. The number of nitro benzene ring substituents is 1. The van der Waals surface area contributed by atoms with Crippen molar-refractivity contribution in [2.45, 2.75) is 13.3 Å². The number of likely N-dealkylation sites (tertiary alicyclic amines) is 1. The van der Waals surface area contributed by atoms with Gasteiger partial charge in [0, 0.05) is 24.7 Å². The normalized spacial score (nSPS) is 18.7. The maximum absolute atomic E-state index is 12.0. The van der Waals surface area contributed by atoms with Crippen LogP contribution in [-0.4, -0.2) is 41.9 Å². The fourth-order valence-electron chi connectivity index (χ4n) is 2.50. The number of hydrogen-bond acceptors (Lipinski definition) is 4. The van der Waals surface area contributed by atoms with Crippen LogP contribution in [0.2, 0.25) is 5.02 Å². The van der Waals surface area contributed by atoms with Gasteiger partial charge >= 0.3 is 0 Å². The highest BCUT2D eigenvalue weighted by Crippen LogP contribution is 2.25. The topological polar surface area (TPSA) is 75.5 Å². The average molecular weight is 312 g/mol. The van der Waals surface area contributed by atoms with Gasteiger partial charge in [0.15, 0.2) is 0 Å². The lowest BCUT2D eigenvalue weighted by Gasteiger charge is -2.13. The molecule has 0 aliphatic carbocycles.